The van der Waals surface area contributed by atoms with Gasteiger partial charge < -0.3 is 23.8 Å². The van der Waals surface area contributed by atoms with Crippen molar-refractivity contribution in [1.29, 1.82) is 0 Å². The first-order valence-corrected chi connectivity index (χ1v) is 22.0. The molecule has 2 atom stereocenters. The van der Waals surface area contributed by atoms with Crippen molar-refractivity contribution in [3.05, 3.63) is 72.9 Å². The van der Waals surface area contributed by atoms with E-state index in [4.69, 9.17) is 14.2 Å². The maximum absolute atomic E-state index is 12.7. The molecule has 0 rings (SSSR count). The van der Waals surface area contributed by atoms with Crippen LogP contribution in [-0.4, -0.2) is 80.6 Å². The lowest BCUT2D eigenvalue weighted by molar-refractivity contribution is -0.887. The third-order valence-electron chi connectivity index (χ3n) is 9.43. The fourth-order valence-corrected chi connectivity index (χ4v) is 6.02. The maximum Gasteiger partial charge on any atom is 0.362 e. The summed E-state index contributed by atoms with van der Waals surface area (Å²) in [5, 5.41) is 9.62. The van der Waals surface area contributed by atoms with E-state index in [9.17, 15) is 19.5 Å². The molecule has 0 aliphatic carbocycles. The number of hydrogen-bond donors (Lipinski definition) is 1. The van der Waals surface area contributed by atoms with Crippen LogP contribution in [-0.2, 0) is 28.6 Å². The fourth-order valence-electron chi connectivity index (χ4n) is 6.02. The standard InChI is InChI=1S/C48H81NO7/c1-6-8-10-12-14-16-18-20-22-23-24-25-27-28-30-32-34-36-38-46(50)55-43-44(42-54-41-40-45(48(52)53)49(3,4)5)56-47(51)39-37-35-33-31-29-26-21-19-17-15-13-11-9-7-2/h9,11,14-18,20,22-25,44-45H,6-8,10,12-13,19,21,26-43H2,1-5H3/p+1/b11-9+,16-14+,17-15+,20-18+,23-22+,25-24+. The number of likely N-dealkylation sites (N-methyl/N-ethyl adjacent to an activating group) is 1. The fraction of sp³-hybridized carbons (Fsp3) is 0.688. The van der Waals surface area contributed by atoms with Crippen molar-refractivity contribution in [2.45, 2.75) is 174 Å². The molecule has 0 saturated carbocycles. The molecule has 0 amide bonds. The van der Waals surface area contributed by atoms with E-state index in [1.54, 1.807) is 0 Å². The molecule has 0 saturated heterocycles. The van der Waals surface area contributed by atoms with E-state index in [0.29, 0.717) is 19.3 Å². The van der Waals surface area contributed by atoms with E-state index in [0.717, 1.165) is 83.5 Å². The highest BCUT2D eigenvalue weighted by molar-refractivity contribution is 5.72. The highest BCUT2D eigenvalue weighted by atomic mass is 16.6. The van der Waals surface area contributed by atoms with Crippen LogP contribution in [0.15, 0.2) is 72.9 Å². The average molecular weight is 785 g/mol. The van der Waals surface area contributed by atoms with Crippen LogP contribution in [0.1, 0.15) is 162 Å². The van der Waals surface area contributed by atoms with Crippen molar-refractivity contribution in [3.8, 4) is 0 Å². The molecule has 0 radical (unpaired) electrons. The normalized spacial score (nSPS) is 13.7. The molecule has 8 heteroatoms. The van der Waals surface area contributed by atoms with Gasteiger partial charge in [0.05, 0.1) is 34.4 Å². The minimum absolute atomic E-state index is 0.0462. The molecular formula is C48H82NO7+. The number of carbonyl (C=O) groups excluding carboxylic acids is 2. The molecule has 1 N–H and O–H groups in total. The van der Waals surface area contributed by atoms with Crippen LogP contribution in [0.5, 0.6) is 0 Å². The van der Waals surface area contributed by atoms with E-state index in [1.807, 2.05) is 27.2 Å². The number of carbonyl (C=O) groups is 3. The number of carboxylic acid groups (broad SMARTS) is 1. The van der Waals surface area contributed by atoms with Crippen LogP contribution in [0, 0.1) is 0 Å². The van der Waals surface area contributed by atoms with Gasteiger partial charge in [0.1, 0.15) is 6.61 Å². The number of quaternary nitrogens is 1. The summed E-state index contributed by atoms with van der Waals surface area (Å²) in [6, 6.07) is -0.623. The molecule has 0 spiro atoms. The van der Waals surface area contributed by atoms with Gasteiger partial charge in [-0.05, 0) is 64.2 Å². The van der Waals surface area contributed by atoms with E-state index in [2.05, 4.69) is 80.7 Å². The SMILES string of the molecule is CC/C=C/C/C=C/CCCCCCCCCC(=O)OC(COCCC(C(=O)O)[N+](C)(C)C)COC(=O)CCCCCCC/C=C/C=C/C=C/C=C/CCCCC. The number of unbranched alkanes of at least 4 members (excludes halogenated alkanes) is 15. The van der Waals surface area contributed by atoms with Gasteiger partial charge in [0.2, 0.25) is 0 Å². The number of ether oxygens (including phenoxy) is 3. The second-order valence-corrected chi connectivity index (χ2v) is 15.7. The molecule has 0 aromatic rings. The number of allylic oxidation sites excluding steroid dienone is 12. The molecule has 320 valence electrons. The molecular weight excluding hydrogens is 703 g/mol. The second kappa shape index (κ2) is 38.6. The molecule has 0 bridgehead atoms. The van der Waals surface area contributed by atoms with E-state index in [-0.39, 0.29) is 36.2 Å². The van der Waals surface area contributed by atoms with Gasteiger partial charge in [-0.2, -0.15) is 0 Å². The van der Waals surface area contributed by atoms with Crippen molar-refractivity contribution in [2.75, 3.05) is 41.0 Å². The highest BCUT2D eigenvalue weighted by Gasteiger charge is 2.31. The van der Waals surface area contributed by atoms with Gasteiger partial charge in [0.25, 0.3) is 0 Å². The highest BCUT2D eigenvalue weighted by Crippen LogP contribution is 2.13. The number of rotatable bonds is 38. The quantitative estimate of drug-likeness (QED) is 0.0219. The first-order chi connectivity index (χ1) is 27.1. The summed E-state index contributed by atoms with van der Waals surface area (Å²) in [5.41, 5.74) is 0. The summed E-state index contributed by atoms with van der Waals surface area (Å²) < 4.78 is 17.2. The summed E-state index contributed by atoms with van der Waals surface area (Å²) in [4.78, 5) is 37.0. The third kappa shape index (κ3) is 36.4. The van der Waals surface area contributed by atoms with Gasteiger partial charge in [-0.15, -0.1) is 0 Å². The van der Waals surface area contributed by atoms with E-state index in [1.165, 1.54) is 44.9 Å². The van der Waals surface area contributed by atoms with Crippen molar-refractivity contribution in [3.63, 3.8) is 0 Å². The first-order valence-electron chi connectivity index (χ1n) is 22.0. The molecule has 0 fully saturated rings. The van der Waals surface area contributed by atoms with Gasteiger partial charge in [0, 0.05) is 19.3 Å². The van der Waals surface area contributed by atoms with Crippen molar-refractivity contribution >= 4 is 17.9 Å². The Bertz CT molecular complexity index is 1140. The minimum atomic E-state index is -0.883. The Kier molecular flexibility index (Phi) is 36.4. The monoisotopic (exact) mass is 785 g/mol. The number of hydrogen-bond acceptors (Lipinski definition) is 6. The minimum Gasteiger partial charge on any atom is -0.477 e. The molecule has 8 nitrogen and oxygen atoms in total. The second-order valence-electron chi connectivity index (χ2n) is 15.7. The topological polar surface area (TPSA) is 99.1 Å². The number of esters is 2. The molecule has 0 aromatic heterocycles. The Morgan fingerprint density at radius 2 is 1.07 bits per heavy atom. The maximum atomic E-state index is 12.7. The Labute approximate surface area is 342 Å². The van der Waals surface area contributed by atoms with Gasteiger partial charge in [-0.3, -0.25) is 9.59 Å². The summed E-state index contributed by atoms with van der Waals surface area (Å²) in [6.07, 6.45) is 47.9. The Morgan fingerprint density at radius 1 is 0.571 bits per heavy atom. The van der Waals surface area contributed by atoms with Gasteiger partial charge in [0.15, 0.2) is 12.1 Å². The lowest BCUT2D eigenvalue weighted by atomic mass is 10.1. The zero-order valence-electron chi connectivity index (χ0n) is 36.3. The number of nitrogens with zero attached hydrogens (tertiary/aromatic N) is 1. The van der Waals surface area contributed by atoms with Crippen LogP contribution < -0.4 is 0 Å². The predicted octanol–water partition coefficient (Wildman–Crippen LogP) is 12.0. The Hall–Kier alpha value is -3.23. The Balaban J connectivity index is 4.41. The van der Waals surface area contributed by atoms with Crippen LogP contribution in [0.25, 0.3) is 0 Å². The zero-order chi connectivity index (χ0) is 41.4. The molecule has 0 aliphatic heterocycles. The van der Waals surface area contributed by atoms with Crippen LogP contribution in [0.4, 0.5) is 0 Å². The van der Waals surface area contributed by atoms with Gasteiger partial charge in [-0.1, -0.05) is 151 Å². The van der Waals surface area contributed by atoms with Crippen molar-refractivity contribution in [2.24, 2.45) is 0 Å². The Morgan fingerprint density at radius 3 is 1.62 bits per heavy atom. The van der Waals surface area contributed by atoms with Gasteiger partial charge >= 0.3 is 17.9 Å². The van der Waals surface area contributed by atoms with Crippen LogP contribution in [0.2, 0.25) is 0 Å². The summed E-state index contributed by atoms with van der Waals surface area (Å²) >= 11 is 0. The molecule has 0 aromatic carbocycles. The molecule has 2 unspecified atom stereocenters. The molecule has 56 heavy (non-hydrogen) atoms. The summed E-state index contributed by atoms with van der Waals surface area (Å²) in [7, 11) is 5.51. The van der Waals surface area contributed by atoms with E-state index < -0.39 is 18.1 Å². The number of aliphatic carboxylic acids is 1. The average Bonchev–Trinajstić information content (AvgIpc) is 3.15. The molecule has 0 heterocycles. The summed E-state index contributed by atoms with van der Waals surface area (Å²) in [5.74, 6) is -1.52. The third-order valence-corrected chi connectivity index (χ3v) is 9.43. The van der Waals surface area contributed by atoms with Gasteiger partial charge in [-0.25, -0.2) is 4.79 Å². The predicted molar refractivity (Wildman–Crippen MR) is 233 cm³/mol. The van der Waals surface area contributed by atoms with Crippen LogP contribution >= 0.6 is 0 Å². The largest absolute Gasteiger partial charge is 0.477 e. The smallest absolute Gasteiger partial charge is 0.362 e. The summed E-state index contributed by atoms with van der Waals surface area (Å²) in [6.45, 7) is 4.54. The van der Waals surface area contributed by atoms with E-state index >= 15 is 0 Å². The lowest BCUT2D eigenvalue weighted by Crippen LogP contribution is -2.50. The first kappa shape index (κ1) is 52.8. The van der Waals surface area contributed by atoms with Crippen molar-refractivity contribution in [1.82, 2.24) is 0 Å². The lowest BCUT2D eigenvalue weighted by Gasteiger charge is -2.31. The number of carboxylic acids is 1. The van der Waals surface area contributed by atoms with Crippen molar-refractivity contribution < 1.29 is 38.2 Å². The zero-order valence-corrected chi connectivity index (χ0v) is 36.3. The van der Waals surface area contributed by atoms with Crippen LogP contribution in [0.3, 0.4) is 0 Å². The molecule has 0 aliphatic rings.